The summed E-state index contributed by atoms with van der Waals surface area (Å²) in [6.45, 7) is 5.97. The zero-order valence-corrected chi connectivity index (χ0v) is 12.9. The third-order valence-electron chi connectivity index (χ3n) is 1.90. The van der Waals surface area contributed by atoms with Gasteiger partial charge in [-0.05, 0) is 32.9 Å². The van der Waals surface area contributed by atoms with E-state index in [1.807, 2.05) is 26.8 Å². The van der Waals surface area contributed by atoms with Gasteiger partial charge in [0.05, 0.1) is 11.9 Å². The first kappa shape index (κ1) is 20.1. The van der Waals surface area contributed by atoms with Gasteiger partial charge in [0.25, 0.3) is 0 Å². The van der Waals surface area contributed by atoms with E-state index in [1.54, 1.807) is 12.3 Å². The minimum absolute atomic E-state index is 0. The molecule has 0 unspecified atom stereocenters. The first-order valence-electron chi connectivity index (χ1n) is 5.54. The Morgan fingerprint density at radius 1 is 1.37 bits per heavy atom. The average molecular weight is 310 g/mol. The highest BCUT2D eigenvalue weighted by atomic mass is 35.5. The van der Waals surface area contributed by atoms with E-state index in [4.69, 9.17) is 10.5 Å². The molecule has 7 heteroatoms. The molecule has 0 saturated carbocycles. The van der Waals surface area contributed by atoms with E-state index in [9.17, 15) is 4.79 Å². The Morgan fingerprint density at radius 2 is 2.00 bits per heavy atom. The van der Waals surface area contributed by atoms with E-state index in [0.717, 1.165) is 5.69 Å². The fourth-order valence-corrected chi connectivity index (χ4v) is 1.19. The summed E-state index contributed by atoms with van der Waals surface area (Å²) in [4.78, 5) is 15.5. The van der Waals surface area contributed by atoms with Crippen molar-refractivity contribution >= 4 is 36.6 Å². The first-order chi connectivity index (χ1) is 7.87. The van der Waals surface area contributed by atoms with E-state index in [1.165, 1.54) is 0 Å². The predicted octanol–water partition coefficient (Wildman–Crippen LogP) is 2.57. The van der Waals surface area contributed by atoms with E-state index >= 15 is 0 Å². The number of rotatable bonds is 3. The van der Waals surface area contributed by atoms with Gasteiger partial charge in [-0.3, -0.25) is 4.98 Å². The van der Waals surface area contributed by atoms with Gasteiger partial charge in [0.1, 0.15) is 5.60 Å². The van der Waals surface area contributed by atoms with Crippen LogP contribution in [0.4, 0.5) is 10.5 Å². The van der Waals surface area contributed by atoms with Crippen molar-refractivity contribution in [2.45, 2.75) is 32.8 Å². The Morgan fingerprint density at radius 3 is 2.47 bits per heavy atom. The van der Waals surface area contributed by atoms with Crippen LogP contribution in [0.15, 0.2) is 18.3 Å². The van der Waals surface area contributed by atoms with Crippen LogP contribution in [0.25, 0.3) is 0 Å². The molecular formula is C12H21Cl2N3O2. The number of ether oxygens (including phenoxy) is 1. The maximum Gasteiger partial charge on any atom is 0.407 e. The van der Waals surface area contributed by atoms with Gasteiger partial charge in [-0.25, -0.2) is 4.79 Å². The summed E-state index contributed by atoms with van der Waals surface area (Å²) >= 11 is 0. The highest BCUT2D eigenvalue weighted by molar-refractivity contribution is 5.85. The molecule has 0 aliphatic carbocycles. The maximum atomic E-state index is 11.3. The standard InChI is InChI=1S/C12H19N3O2.2ClH/c1-12(2,3)17-11(16)14-7-6-10-5-4-9(13)8-15-10;;/h4-5,8H,6-7,13H2,1-3H3,(H,14,16);2*1H. The van der Waals surface area contributed by atoms with E-state index in [-0.39, 0.29) is 24.8 Å². The van der Waals surface area contributed by atoms with Crippen LogP contribution in [0.1, 0.15) is 26.5 Å². The van der Waals surface area contributed by atoms with Crippen molar-refractivity contribution in [1.82, 2.24) is 10.3 Å². The minimum atomic E-state index is -0.469. The molecule has 0 saturated heterocycles. The van der Waals surface area contributed by atoms with Crippen LogP contribution >= 0.6 is 24.8 Å². The number of carbonyl (C=O) groups excluding carboxylic acids is 1. The summed E-state index contributed by atoms with van der Waals surface area (Å²) in [6.07, 6.45) is 1.84. The normalized spacial score (nSPS) is 9.84. The molecule has 1 aromatic heterocycles. The number of halogens is 2. The van der Waals surface area contributed by atoms with Gasteiger partial charge in [-0.2, -0.15) is 0 Å². The minimum Gasteiger partial charge on any atom is -0.444 e. The quantitative estimate of drug-likeness (QED) is 0.899. The summed E-state index contributed by atoms with van der Waals surface area (Å²) < 4.78 is 5.10. The Hall–Kier alpha value is -1.20. The maximum absolute atomic E-state index is 11.3. The number of anilines is 1. The van der Waals surface area contributed by atoms with Crippen LogP contribution in [0.5, 0.6) is 0 Å². The Kier molecular flexibility index (Phi) is 9.35. The van der Waals surface area contributed by atoms with Gasteiger partial charge in [0.2, 0.25) is 0 Å². The number of nitrogen functional groups attached to an aromatic ring is 1. The van der Waals surface area contributed by atoms with Crippen molar-refractivity contribution in [1.29, 1.82) is 0 Å². The fraction of sp³-hybridized carbons (Fsp3) is 0.500. The molecule has 0 fully saturated rings. The van der Waals surface area contributed by atoms with Crippen molar-refractivity contribution in [3.63, 3.8) is 0 Å². The molecule has 1 aromatic rings. The van der Waals surface area contributed by atoms with Gasteiger partial charge in [-0.15, -0.1) is 24.8 Å². The molecule has 0 spiro atoms. The number of nitrogens with one attached hydrogen (secondary N) is 1. The van der Waals surface area contributed by atoms with E-state index in [2.05, 4.69) is 10.3 Å². The molecule has 0 aromatic carbocycles. The molecule has 0 radical (unpaired) electrons. The number of carbonyl (C=O) groups is 1. The zero-order valence-electron chi connectivity index (χ0n) is 11.3. The molecule has 5 nitrogen and oxygen atoms in total. The summed E-state index contributed by atoms with van der Waals surface area (Å²) in [6, 6.07) is 3.63. The van der Waals surface area contributed by atoms with Crippen molar-refractivity contribution in [3.8, 4) is 0 Å². The number of hydrogen-bond donors (Lipinski definition) is 2. The van der Waals surface area contributed by atoms with Crippen molar-refractivity contribution in [3.05, 3.63) is 24.0 Å². The molecule has 0 bridgehead atoms. The molecule has 1 rings (SSSR count). The smallest absolute Gasteiger partial charge is 0.407 e. The van der Waals surface area contributed by atoms with Crippen LogP contribution in [0, 0.1) is 0 Å². The molecule has 3 N–H and O–H groups in total. The number of nitrogens with two attached hydrogens (primary N) is 1. The average Bonchev–Trinajstić information content (AvgIpc) is 2.18. The second-order valence-electron chi connectivity index (χ2n) is 4.76. The largest absolute Gasteiger partial charge is 0.444 e. The number of hydrogen-bond acceptors (Lipinski definition) is 4. The molecule has 110 valence electrons. The predicted molar refractivity (Wildman–Crippen MR) is 81.1 cm³/mol. The fourth-order valence-electron chi connectivity index (χ4n) is 1.19. The number of amides is 1. The molecule has 0 aliphatic heterocycles. The third-order valence-corrected chi connectivity index (χ3v) is 1.90. The lowest BCUT2D eigenvalue weighted by Crippen LogP contribution is -2.33. The van der Waals surface area contributed by atoms with Crippen molar-refractivity contribution in [2.75, 3.05) is 12.3 Å². The highest BCUT2D eigenvalue weighted by Gasteiger charge is 2.15. The first-order valence-corrected chi connectivity index (χ1v) is 5.54. The van der Waals surface area contributed by atoms with Gasteiger partial charge < -0.3 is 15.8 Å². The Labute approximate surface area is 126 Å². The van der Waals surface area contributed by atoms with Gasteiger partial charge in [0.15, 0.2) is 0 Å². The van der Waals surface area contributed by atoms with Gasteiger partial charge in [0, 0.05) is 18.7 Å². The van der Waals surface area contributed by atoms with Crippen molar-refractivity contribution in [2.24, 2.45) is 0 Å². The summed E-state index contributed by atoms with van der Waals surface area (Å²) in [5.74, 6) is 0. The Balaban J connectivity index is 0. The van der Waals surface area contributed by atoms with Gasteiger partial charge in [-0.1, -0.05) is 0 Å². The van der Waals surface area contributed by atoms with E-state index < -0.39 is 11.7 Å². The zero-order chi connectivity index (χ0) is 12.9. The summed E-state index contributed by atoms with van der Waals surface area (Å²) in [5, 5.41) is 2.67. The van der Waals surface area contributed by atoms with Crippen molar-refractivity contribution < 1.29 is 9.53 Å². The van der Waals surface area contributed by atoms with Crippen LogP contribution in [-0.4, -0.2) is 23.2 Å². The lowest BCUT2D eigenvalue weighted by molar-refractivity contribution is 0.0528. The van der Waals surface area contributed by atoms with Gasteiger partial charge >= 0.3 is 6.09 Å². The molecule has 0 aliphatic rings. The topological polar surface area (TPSA) is 77.2 Å². The van der Waals surface area contributed by atoms with Crippen LogP contribution < -0.4 is 11.1 Å². The second kappa shape index (κ2) is 8.82. The molecular weight excluding hydrogens is 289 g/mol. The SMILES string of the molecule is CC(C)(C)OC(=O)NCCc1ccc(N)cn1.Cl.Cl. The molecule has 1 amide bonds. The van der Waals surface area contributed by atoms with Crippen LogP contribution in [-0.2, 0) is 11.2 Å². The molecule has 0 atom stereocenters. The van der Waals surface area contributed by atoms with Crippen LogP contribution in [0.3, 0.4) is 0 Å². The number of pyridine rings is 1. The monoisotopic (exact) mass is 309 g/mol. The lowest BCUT2D eigenvalue weighted by atomic mass is 10.2. The summed E-state index contributed by atoms with van der Waals surface area (Å²) in [5.41, 5.74) is 6.57. The highest BCUT2D eigenvalue weighted by Crippen LogP contribution is 2.06. The molecule has 1 heterocycles. The van der Waals surface area contributed by atoms with Crippen LogP contribution in [0.2, 0.25) is 0 Å². The second-order valence-corrected chi connectivity index (χ2v) is 4.76. The molecule has 19 heavy (non-hydrogen) atoms. The number of nitrogens with zero attached hydrogens (tertiary/aromatic N) is 1. The number of alkyl carbamates (subject to hydrolysis) is 1. The Bertz CT molecular complexity index is 378. The lowest BCUT2D eigenvalue weighted by Gasteiger charge is -2.19. The summed E-state index contributed by atoms with van der Waals surface area (Å²) in [7, 11) is 0. The number of aromatic nitrogens is 1. The van der Waals surface area contributed by atoms with E-state index in [0.29, 0.717) is 18.7 Å². The third kappa shape index (κ3) is 9.39.